The van der Waals surface area contributed by atoms with Gasteiger partial charge in [0, 0.05) is 31.9 Å². The summed E-state index contributed by atoms with van der Waals surface area (Å²) in [5, 5.41) is 6.58. The topological polar surface area (TPSA) is 58.1 Å². The zero-order valence-electron chi connectivity index (χ0n) is 16.2. The molecule has 0 bridgehead atoms. The fraction of sp³-hybridized carbons (Fsp3) is 0.350. The van der Waals surface area contributed by atoms with Gasteiger partial charge in [-0.3, -0.25) is 4.99 Å². The van der Waals surface area contributed by atoms with Crippen LogP contribution in [0.3, 0.4) is 0 Å². The molecule has 0 heterocycles. The van der Waals surface area contributed by atoms with E-state index in [1.807, 2.05) is 18.2 Å². The van der Waals surface area contributed by atoms with Crippen molar-refractivity contribution in [3.63, 3.8) is 0 Å². The molecule has 0 saturated carbocycles. The lowest BCUT2D eigenvalue weighted by Crippen LogP contribution is -2.30. The van der Waals surface area contributed by atoms with Gasteiger partial charge in [0.2, 0.25) is 0 Å². The maximum absolute atomic E-state index is 5.33. The van der Waals surface area contributed by atoms with Crippen molar-refractivity contribution in [1.29, 1.82) is 0 Å². The highest BCUT2D eigenvalue weighted by molar-refractivity contribution is 5.93. The van der Waals surface area contributed by atoms with Gasteiger partial charge in [-0.2, -0.15) is 0 Å². The minimum Gasteiger partial charge on any atom is -0.493 e. The number of nitrogens with zero attached hydrogens (tertiary/aromatic N) is 2. The van der Waals surface area contributed by atoms with Gasteiger partial charge in [-0.05, 0) is 37.4 Å². The molecule has 0 aliphatic carbocycles. The van der Waals surface area contributed by atoms with Crippen molar-refractivity contribution in [2.45, 2.75) is 13.1 Å². The Hall–Kier alpha value is -2.73. The summed E-state index contributed by atoms with van der Waals surface area (Å²) in [5.74, 6) is 2.05. The molecule has 2 aromatic rings. The molecule has 0 amide bonds. The van der Waals surface area contributed by atoms with Crippen molar-refractivity contribution in [2.75, 3.05) is 40.7 Å². The van der Waals surface area contributed by atoms with E-state index in [0.717, 1.165) is 12.2 Å². The third-order valence-electron chi connectivity index (χ3n) is 3.85. The number of ether oxygens (including phenoxy) is 2. The Labute approximate surface area is 155 Å². The smallest absolute Gasteiger partial charge is 0.195 e. The van der Waals surface area contributed by atoms with Crippen LogP contribution >= 0.6 is 0 Å². The maximum Gasteiger partial charge on any atom is 0.195 e. The minimum absolute atomic E-state index is 0.671. The third-order valence-corrected chi connectivity index (χ3v) is 3.85. The van der Waals surface area contributed by atoms with Gasteiger partial charge < -0.3 is 25.0 Å². The fourth-order valence-electron chi connectivity index (χ4n) is 2.54. The van der Waals surface area contributed by atoms with Crippen LogP contribution in [0.1, 0.15) is 11.1 Å². The van der Waals surface area contributed by atoms with Gasteiger partial charge in [0.05, 0.1) is 14.2 Å². The molecular formula is C20H28N4O2. The quantitative estimate of drug-likeness (QED) is 0.590. The van der Waals surface area contributed by atoms with E-state index in [-0.39, 0.29) is 0 Å². The summed E-state index contributed by atoms with van der Waals surface area (Å²) < 4.78 is 10.6. The standard InChI is InChI=1S/C20H28N4O2/c1-21-20(23-17-10-11-18(25-4)19(12-17)26-5)22-13-15-6-8-16(9-7-15)14-24(2)3/h6-12H,13-14H2,1-5H3,(H2,21,22,23). The number of hydrogen-bond acceptors (Lipinski definition) is 4. The normalized spacial score (nSPS) is 11.4. The molecule has 0 fully saturated rings. The molecular weight excluding hydrogens is 328 g/mol. The van der Waals surface area contributed by atoms with Crippen molar-refractivity contribution in [3.8, 4) is 11.5 Å². The Balaban J connectivity index is 1.95. The van der Waals surface area contributed by atoms with Gasteiger partial charge in [0.1, 0.15) is 0 Å². The molecule has 140 valence electrons. The summed E-state index contributed by atoms with van der Waals surface area (Å²) in [5.41, 5.74) is 3.37. The van der Waals surface area contributed by atoms with Crippen LogP contribution in [-0.2, 0) is 13.1 Å². The van der Waals surface area contributed by atoms with Crippen LogP contribution in [0, 0.1) is 0 Å². The van der Waals surface area contributed by atoms with E-state index in [1.165, 1.54) is 11.1 Å². The van der Waals surface area contributed by atoms with Crippen LogP contribution in [0.2, 0.25) is 0 Å². The highest BCUT2D eigenvalue weighted by Crippen LogP contribution is 2.29. The summed E-state index contributed by atoms with van der Waals surface area (Å²) in [4.78, 5) is 6.42. The second-order valence-corrected chi connectivity index (χ2v) is 6.17. The largest absolute Gasteiger partial charge is 0.493 e. The van der Waals surface area contributed by atoms with Crippen LogP contribution in [0.5, 0.6) is 11.5 Å². The number of benzene rings is 2. The van der Waals surface area contributed by atoms with Crippen molar-refractivity contribution in [3.05, 3.63) is 53.6 Å². The molecule has 0 aromatic heterocycles. The highest BCUT2D eigenvalue weighted by atomic mass is 16.5. The van der Waals surface area contributed by atoms with Gasteiger partial charge >= 0.3 is 0 Å². The van der Waals surface area contributed by atoms with Gasteiger partial charge in [-0.1, -0.05) is 24.3 Å². The SMILES string of the molecule is CN=C(NCc1ccc(CN(C)C)cc1)Nc1ccc(OC)c(OC)c1. The molecule has 26 heavy (non-hydrogen) atoms. The summed E-state index contributed by atoms with van der Waals surface area (Å²) in [6, 6.07) is 14.2. The van der Waals surface area contributed by atoms with Crippen LogP contribution in [0.4, 0.5) is 5.69 Å². The van der Waals surface area contributed by atoms with E-state index in [1.54, 1.807) is 21.3 Å². The van der Waals surface area contributed by atoms with Gasteiger partial charge in [-0.25, -0.2) is 0 Å². The van der Waals surface area contributed by atoms with E-state index < -0.39 is 0 Å². The summed E-state index contributed by atoms with van der Waals surface area (Å²) in [6.07, 6.45) is 0. The molecule has 0 saturated heterocycles. The second kappa shape index (κ2) is 9.68. The van der Waals surface area contributed by atoms with E-state index in [2.05, 4.69) is 58.9 Å². The average molecular weight is 356 g/mol. The van der Waals surface area contributed by atoms with E-state index >= 15 is 0 Å². The predicted octanol–water partition coefficient (Wildman–Crippen LogP) is 2.95. The minimum atomic E-state index is 0.671. The lowest BCUT2D eigenvalue weighted by atomic mass is 10.1. The van der Waals surface area contributed by atoms with Crippen molar-refractivity contribution in [2.24, 2.45) is 4.99 Å². The predicted molar refractivity (Wildman–Crippen MR) is 107 cm³/mol. The lowest BCUT2D eigenvalue weighted by Gasteiger charge is -2.14. The molecule has 6 nitrogen and oxygen atoms in total. The summed E-state index contributed by atoms with van der Waals surface area (Å²) in [7, 11) is 9.12. The van der Waals surface area contributed by atoms with Gasteiger partial charge in [0.25, 0.3) is 0 Å². The van der Waals surface area contributed by atoms with Crippen molar-refractivity contribution < 1.29 is 9.47 Å². The molecule has 2 rings (SSSR count). The molecule has 2 N–H and O–H groups in total. The first kappa shape index (κ1) is 19.6. The average Bonchev–Trinajstić information content (AvgIpc) is 2.65. The maximum atomic E-state index is 5.33. The number of aliphatic imine (C=N–C) groups is 1. The number of anilines is 1. The first-order chi connectivity index (χ1) is 12.5. The second-order valence-electron chi connectivity index (χ2n) is 6.17. The molecule has 0 atom stereocenters. The van der Waals surface area contributed by atoms with Gasteiger partial charge in [0.15, 0.2) is 17.5 Å². The molecule has 0 unspecified atom stereocenters. The monoisotopic (exact) mass is 356 g/mol. The molecule has 0 radical (unpaired) electrons. The Morgan fingerprint density at radius 2 is 1.62 bits per heavy atom. The number of rotatable bonds is 7. The Morgan fingerprint density at radius 1 is 0.962 bits per heavy atom. The molecule has 6 heteroatoms. The summed E-state index contributed by atoms with van der Waals surface area (Å²) in [6.45, 7) is 1.63. The first-order valence-electron chi connectivity index (χ1n) is 8.48. The zero-order valence-corrected chi connectivity index (χ0v) is 16.2. The first-order valence-corrected chi connectivity index (χ1v) is 8.48. The van der Waals surface area contributed by atoms with Crippen LogP contribution in [-0.4, -0.2) is 46.2 Å². The Morgan fingerprint density at radius 3 is 2.19 bits per heavy atom. The molecule has 2 aromatic carbocycles. The van der Waals surface area contributed by atoms with Gasteiger partial charge in [-0.15, -0.1) is 0 Å². The number of methoxy groups -OCH3 is 2. The van der Waals surface area contributed by atoms with E-state index in [9.17, 15) is 0 Å². The van der Waals surface area contributed by atoms with Crippen molar-refractivity contribution >= 4 is 11.6 Å². The lowest BCUT2D eigenvalue weighted by molar-refractivity contribution is 0.355. The van der Waals surface area contributed by atoms with E-state index in [4.69, 9.17) is 9.47 Å². The molecule has 0 spiro atoms. The third kappa shape index (κ3) is 5.67. The van der Waals surface area contributed by atoms with E-state index in [0.29, 0.717) is 24.0 Å². The molecule has 0 aliphatic heterocycles. The highest BCUT2D eigenvalue weighted by Gasteiger charge is 2.06. The Bertz CT molecular complexity index is 727. The van der Waals surface area contributed by atoms with Crippen LogP contribution in [0.15, 0.2) is 47.5 Å². The summed E-state index contributed by atoms with van der Waals surface area (Å²) >= 11 is 0. The fourth-order valence-corrected chi connectivity index (χ4v) is 2.54. The number of hydrogen-bond donors (Lipinski definition) is 2. The molecule has 0 aliphatic rings. The van der Waals surface area contributed by atoms with Crippen LogP contribution < -0.4 is 20.1 Å². The number of nitrogens with one attached hydrogen (secondary N) is 2. The Kier molecular flexibility index (Phi) is 7.29. The van der Waals surface area contributed by atoms with Crippen molar-refractivity contribution in [1.82, 2.24) is 10.2 Å². The number of guanidine groups is 1. The van der Waals surface area contributed by atoms with Crippen LogP contribution in [0.25, 0.3) is 0 Å². The zero-order chi connectivity index (χ0) is 18.9.